The highest BCUT2D eigenvalue weighted by atomic mass is 16.5. The number of carbonyl (C=O) groups excluding carboxylic acids is 1. The van der Waals surface area contributed by atoms with Gasteiger partial charge >= 0.3 is 0 Å². The lowest BCUT2D eigenvalue weighted by molar-refractivity contribution is 0.102. The van der Waals surface area contributed by atoms with Gasteiger partial charge in [-0.3, -0.25) is 4.79 Å². The lowest BCUT2D eigenvalue weighted by Crippen LogP contribution is -2.11. The van der Waals surface area contributed by atoms with E-state index in [-0.39, 0.29) is 5.91 Å². The third-order valence-electron chi connectivity index (χ3n) is 4.21. The Kier molecular flexibility index (Phi) is 4.25. The lowest BCUT2D eigenvalue weighted by atomic mass is 10.1. The summed E-state index contributed by atoms with van der Waals surface area (Å²) in [6.45, 7) is 1.86. The first-order chi connectivity index (χ1) is 13.1. The smallest absolute Gasteiger partial charge is 0.255 e. The molecule has 0 fully saturated rings. The molecule has 2 aromatic heterocycles. The molecule has 134 valence electrons. The number of hydrogen-bond donors (Lipinski definition) is 1. The van der Waals surface area contributed by atoms with E-state index in [2.05, 4.69) is 20.6 Å². The molecule has 0 radical (unpaired) electrons. The van der Waals surface area contributed by atoms with Crippen LogP contribution >= 0.6 is 0 Å². The largest absolute Gasteiger partial charge is 0.497 e. The Bertz CT molecular complexity index is 1100. The Morgan fingerprint density at radius 1 is 0.963 bits per heavy atom. The second-order valence-electron chi connectivity index (χ2n) is 6.00. The molecule has 1 amide bonds. The summed E-state index contributed by atoms with van der Waals surface area (Å²) in [7, 11) is 1.59. The third-order valence-corrected chi connectivity index (χ3v) is 4.21. The minimum absolute atomic E-state index is 0.176. The first-order valence-electron chi connectivity index (χ1n) is 8.39. The highest BCUT2D eigenvalue weighted by Gasteiger charge is 2.08. The third kappa shape index (κ3) is 3.35. The molecule has 7 heteroatoms. The number of nitrogens with one attached hydrogen (secondary N) is 1. The molecular weight excluding hydrogens is 342 g/mol. The number of hydrogen-bond acceptors (Lipinski definition) is 5. The van der Waals surface area contributed by atoms with Crippen LogP contribution in [-0.2, 0) is 0 Å². The van der Waals surface area contributed by atoms with E-state index in [1.807, 2.05) is 43.3 Å². The predicted molar refractivity (Wildman–Crippen MR) is 102 cm³/mol. The van der Waals surface area contributed by atoms with Crippen molar-refractivity contribution in [2.75, 3.05) is 12.4 Å². The molecular formula is C20H17N5O2. The van der Waals surface area contributed by atoms with Crippen LogP contribution in [0.25, 0.3) is 16.9 Å². The predicted octanol–water partition coefficient (Wildman–Crippen LogP) is 3.36. The summed E-state index contributed by atoms with van der Waals surface area (Å²) in [5, 5.41) is 15.5. The quantitative estimate of drug-likeness (QED) is 0.604. The van der Waals surface area contributed by atoms with Gasteiger partial charge in [0, 0.05) is 16.8 Å². The summed E-state index contributed by atoms with van der Waals surface area (Å²) < 4.78 is 6.81. The fraction of sp³-hybridized carbons (Fsp3) is 0.100. The first-order valence-corrected chi connectivity index (χ1v) is 8.39. The maximum Gasteiger partial charge on any atom is 0.255 e. The van der Waals surface area contributed by atoms with Gasteiger partial charge in [-0.1, -0.05) is 12.1 Å². The fourth-order valence-electron chi connectivity index (χ4n) is 2.72. The van der Waals surface area contributed by atoms with Gasteiger partial charge in [0.15, 0.2) is 11.5 Å². The number of fused-ring (bicyclic) bond motifs is 1. The summed E-state index contributed by atoms with van der Waals surface area (Å²) in [6, 6.07) is 18.3. The Hall–Kier alpha value is -3.74. The van der Waals surface area contributed by atoms with E-state index in [1.54, 1.807) is 35.9 Å². The van der Waals surface area contributed by atoms with E-state index in [0.29, 0.717) is 22.6 Å². The van der Waals surface area contributed by atoms with Gasteiger partial charge < -0.3 is 10.1 Å². The van der Waals surface area contributed by atoms with Crippen LogP contribution in [0.3, 0.4) is 0 Å². The zero-order chi connectivity index (χ0) is 18.8. The molecule has 0 aliphatic heterocycles. The number of methoxy groups -OCH3 is 1. The molecule has 0 bridgehead atoms. The number of carbonyl (C=O) groups is 1. The second-order valence-corrected chi connectivity index (χ2v) is 6.00. The van der Waals surface area contributed by atoms with Gasteiger partial charge in [-0.15, -0.1) is 10.2 Å². The van der Waals surface area contributed by atoms with Gasteiger partial charge in [0.25, 0.3) is 5.91 Å². The van der Waals surface area contributed by atoms with Crippen LogP contribution in [0.4, 0.5) is 5.69 Å². The molecule has 7 nitrogen and oxygen atoms in total. The van der Waals surface area contributed by atoms with Gasteiger partial charge in [0.2, 0.25) is 0 Å². The van der Waals surface area contributed by atoms with Crippen molar-refractivity contribution in [3.05, 3.63) is 72.1 Å². The molecule has 1 N–H and O–H groups in total. The molecule has 27 heavy (non-hydrogen) atoms. The molecule has 4 aromatic rings. The van der Waals surface area contributed by atoms with E-state index in [4.69, 9.17) is 4.74 Å². The van der Waals surface area contributed by atoms with Gasteiger partial charge in [-0.2, -0.15) is 9.61 Å². The molecule has 0 spiro atoms. The van der Waals surface area contributed by atoms with Crippen molar-refractivity contribution < 1.29 is 9.53 Å². The van der Waals surface area contributed by atoms with Gasteiger partial charge in [0.05, 0.1) is 12.8 Å². The van der Waals surface area contributed by atoms with Gasteiger partial charge in [-0.25, -0.2) is 0 Å². The van der Waals surface area contributed by atoms with Crippen LogP contribution in [0.5, 0.6) is 5.75 Å². The van der Waals surface area contributed by atoms with E-state index in [9.17, 15) is 4.79 Å². The number of anilines is 1. The van der Waals surface area contributed by atoms with Crippen molar-refractivity contribution in [1.82, 2.24) is 19.8 Å². The summed E-state index contributed by atoms with van der Waals surface area (Å²) in [6.07, 6.45) is 0. The van der Waals surface area contributed by atoms with Crippen molar-refractivity contribution in [3.8, 4) is 17.0 Å². The monoisotopic (exact) mass is 359 g/mol. The molecule has 2 heterocycles. The number of aromatic nitrogens is 4. The van der Waals surface area contributed by atoms with Crippen molar-refractivity contribution in [2.24, 2.45) is 0 Å². The van der Waals surface area contributed by atoms with Crippen LogP contribution in [0.15, 0.2) is 60.7 Å². The van der Waals surface area contributed by atoms with E-state index in [0.717, 1.165) is 17.1 Å². The molecule has 2 aromatic carbocycles. The number of nitrogens with zero attached hydrogens (tertiary/aromatic N) is 4. The Morgan fingerprint density at radius 2 is 1.70 bits per heavy atom. The highest BCUT2D eigenvalue weighted by molar-refractivity contribution is 6.04. The average molecular weight is 359 g/mol. The number of benzene rings is 2. The first kappa shape index (κ1) is 16.7. The number of aryl methyl sites for hydroxylation is 1. The molecule has 4 rings (SSSR count). The van der Waals surface area contributed by atoms with Crippen LogP contribution in [0.2, 0.25) is 0 Å². The maximum absolute atomic E-state index is 12.3. The fourth-order valence-corrected chi connectivity index (χ4v) is 2.72. The Morgan fingerprint density at radius 3 is 2.41 bits per heavy atom. The molecule has 0 aliphatic carbocycles. The molecule has 0 unspecified atom stereocenters. The van der Waals surface area contributed by atoms with Gasteiger partial charge in [-0.05, 0) is 55.5 Å². The standard InChI is InChI=1S/C20H17N5O2/c1-13-22-23-19-12-11-18(24-25(13)19)14-3-7-16(8-4-14)21-20(26)15-5-9-17(27-2)10-6-15/h3-12H,1-2H3,(H,21,26). The van der Waals surface area contributed by atoms with Crippen LogP contribution in [-0.4, -0.2) is 32.8 Å². The Labute approximate surface area is 155 Å². The zero-order valence-corrected chi connectivity index (χ0v) is 14.9. The van der Waals surface area contributed by atoms with Crippen LogP contribution < -0.4 is 10.1 Å². The summed E-state index contributed by atoms with van der Waals surface area (Å²) in [5.41, 5.74) is 3.72. The molecule has 0 atom stereocenters. The van der Waals surface area contributed by atoms with Crippen molar-refractivity contribution >= 4 is 17.2 Å². The summed E-state index contributed by atoms with van der Waals surface area (Å²) in [5.74, 6) is 1.27. The summed E-state index contributed by atoms with van der Waals surface area (Å²) in [4.78, 5) is 12.3. The van der Waals surface area contributed by atoms with E-state index in [1.165, 1.54) is 0 Å². The highest BCUT2D eigenvalue weighted by Crippen LogP contribution is 2.21. The van der Waals surface area contributed by atoms with Gasteiger partial charge in [0.1, 0.15) is 5.75 Å². The van der Waals surface area contributed by atoms with Crippen LogP contribution in [0, 0.1) is 6.92 Å². The van der Waals surface area contributed by atoms with Crippen molar-refractivity contribution in [1.29, 1.82) is 0 Å². The van der Waals surface area contributed by atoms with Crippen molar-refractivity contribution in [2.45, 2.75) is 6.92 Å². The normalized spacial score (nSPS) is 10.7. The van der Waals surface area contributed by atoms with E-state index >= 15 is 0 Å². The second kappa shape index (κ2) is 6.87. The number of ether oxygens (including phenoxy) is 1. The number of amides is 1. The average Bonchev–Trinajstić information content (AvgIpc) is 3.09. The minimum atomic E-state index is -0.176. The topological polar surface area (TPSA) is 81.4 Å². The SMILES string of the molecule is COc1ccc(C(=O)Nc2ccc(-c3ccc4nnc(C)n4n3)cc2)cc1. The maximum atomic E-state index is 12.3. The lowest BCUT2D eigenvalue weighted by Gasteiger charge is -2.07. The van der Waals surface area contributed by atoms with E-state index < -0.39 is 0 Å². The summed E-state index contributed by atoms with van der Waals surface area (Å²) >= 11 is 0. The Balaban J connectivity index is 1.52. The molecule has 0 saturated heterocycles. The molecule has 0 saturated carbocycles. The zero-order valence-electron chi connectivity index (χ0n) is 14.9. The minimum Gasteiger partial charge on any atom is -0.497 e. The van der Waals surface area contributed by atoms with Crippen LogP contribution in [0.1, 0.15) is 16.2 Å². The number of rotatable bonds is 4. The van der Waals surface area contributed by atoms with Crippen molar-refractivity contribution in [3.63, 3.8) is 0 Å². The molecule has 0 aliphatic rings.